The van der Waals surface area contributed by atoms with Crippen molar-refractivity contribution in [3.05, 3.63) is 71.8 Å². The Labute approximate surface area is 118 Å². The summed E-state index contributed by atoms with van der Waals surface area (Å²) in [6.07, 6.45) is 0. The Morgan fingerprint density at radius 1 is 0.947 bits per heavy atom. The van der Waals surface area contributed by atoms with E-state index < -0.39 is 0 Å². The predicted molar refractivity (Wildman–Crippen MR) is 81.8 cm³/mol. The van der Waals surface area contributed by atoms with Gasteiger partial charge in [-0.2, -0.15) is 0 Å². The zero-order valence-electron chi connectivity index (χ0n) is 10.8. The van der Waals surface area contributed by atoms with E-state index in [9.17, 15) is 0 Å². The van der Waals surface area contributed by atoms with Gasteiger partial charge in [0.1, 0.15) is 5.66 Å². The largest absolute Gasteiger partial charge is 0.357 e. The predicted octanol–water partition coefficient (Wildman–Crippen LogP) is 3.12. The Bertz CT molecular complexity index is 582. The van der Waals surface area contributed by atoms with E-state index in [0.29, 0.717) is 0 Å². The van der Waals surface area contributed by atoms with Crippen LogP contribution in [-0.4, -0.2) is 4.99 Å². The second-order valence-electron chi connectivity index (χ2n) is 4.97. The molecule has 0 saturated carbocycles. The van der Waals surface area contributed by atoms with Crippen LogP contribution in [0.25, 0.3) is 0 Å². The minimum atomic E-state index is -0.307. The van der Waals surface area contributed by atoms with Crippen molar-refractivity contribution < 1.29 is 0 Å². The number of rotatable bonds is 2. The van der Waals surface area contributed by atoms with Crippen LogP contribution in [-0.2, 0) is 5.66 Å². The molecule has 1 aliphatic rings. The molecule has 1 saturated heterocycles. The fourth-order valence-electron chi connectivity index (χ4n) is 2.52. The molecule has 96 valence electrons. The van der Waals surface area contributed by atoms with E-state index >= 15 is 0 Å². The van der Waals surface area contributed by atoms with Gasteiger partial charge in [0.25, 0.3) is 0 Å². The van der Waals surface area contributed by atoms with Gasteiger partial charge in [-0.25, -0.2) is 0 Å². The highest BCUT2D eigenvalue weighted by Crippen LogP contribution is 2.29. The van der Waals surface area contributed by atoms with Crippen LogP contribution in [0.5, 0.6) is 0 Å². The van der Waals surface area contributed by atoms with Gasteiger partial charge in [-0.15, -0.1) is 0 Å². The lowest BCUT2D eigenvalue weighted by Gasteiger charge is -2.26. The standard InChI is InChI=1S/C16H16N2S/c1-16(13-10-6-3-7-11-13)17-14(15(19)18-16)12-8-4-2-5-9-12/h2-11,14,17H,1H3,(H,18,19). The van der Waals surface area contributed by atoms with Gasteiger partial charge in [0.15, 0.2) is 0 Å². The first-order valence-corrected chi connectivity index (χ1v) is 6.80. The Kier molecular flexibility index (Phi) is 3.09. The molecule has 0 aliphatic carbocycles. The van der Waals surface area contributed by atoms with Gasteiger partial charge in [-0.05, 0) is 18.1 Å². The molecule has 1 fully saturated rings. The van der Waals surface area contributed by atoms with Crippen LogP contribution < -0.4 is 10.6 Å². The van der Waals surface area contributed by atoms with Crippen molar-refractivity contribution in [1.82, 2.24) is 10.6 Å². The molecule has 2 nitrogen and oxygen atoms in total. The molecule has 0 aromatic heterocycles. The van der Waals surface area contributed by atoms with Crippen LogP contribution in [0.1, 0.15) is 24.1 Å². The van der Waals surface area contributed by atoms with Crippen molar-refractivity contribution in [3.63, 3.8) is 0 Å². The van der Waals surface area contributed by atoms with Gasteiger partial charge in [0.05, 0.1) is 11.0 Å². The zero-order chi connectivity index (χ0) is 13.3. The maximum absolute atomic E-state index is 5.50. The first-order valence-electron chi connectivity index (χ1n) is 6.39. The molecule has 0 spiro atoms. The van der Waals surface area contributed by atoms with E-state index in [-0.39, 0.29) is 11.7 Å². The van der Waals surface area contributed by atoms with Crippen molar-refractivity contribution in [2.45, 2.75) is 18.6 Å². The van der Waals surface area contributed by atoms with Gasteiger partial charge < -0.3 is 5.32 Å². The quantitative estimate of drug-likeness (QED) is 0.818. The lowest BCUT2D eigenvalue weighted by atomic mass is 10.0. The number of hydrogen-bond donors (Lipinski definition) is 2. The third-order valence-corrected chi connectivity index (χ3v) is 3.89. The molecule has 2 aromatic rings. The van der Waals surface area contributed by atoms with Crippen LogP contribution in [0, 0.1) is 0 Å². The molecule has 2 atom stereocenters. The molecular weight excluding hydrogens is 252 g/mol. The minimum Gasteiger partial charge on any atom is -0.357 e. The van der Waals surface area contributed by atoms with Crippen molar-refractivity contribution in [2.75, 3.05) is 0 Å². The van der Waals surface area contributed by atoms with Crippen LogP contribution in [0.4, 0.5) is 0 Å². The average molecular weight is 268 g/mol. The summed E-state index contributed by atoms with van der Waals surface area (Å²) < 4.78 is 0. The lowest BCUT2D eigenvalue weighted by molar-refractivity contribution is 0.373. The van der Waals surface area contributed by atoms with Crippen molar-refractivity contribution >= 4 is 17.2 Å². The first kappa shape index (κ1) is 12.3. The number of benzene rings is 2. The van der Waals surface area contributed by atoms with Crippen LogP contribution in [0.15, 0.2) is 60.7 Å². The smallest absolute Gasteiger partial charge is 0.113 e. The SMILES string of the molecule is CC1(c2ccccc2)NC(=S)C(c2ccccc2)N1. The summed E-state index contributed by atoms with van der Waals surface area (Å²) in [5, 5.41) is 7.01. The van der Waals surface area contributed by atoms with E-state index in [0.717, 1.165) is 4.99 Å². The van der Waals surface area contributed by atoms with Gasteiger partial charge in [0, 0.05) is 0 Å². The summed E-state index contributed by atoms with van der Waals surface area (Å²) in [4.78, 5) is 0.845. The summed E-state index contributed by atoms with van der Waals surface area (Å²) in [5.41, 5.74) is 2.08. The maximum Gasteiger partial charge on any atom is 0.113 e. The van der Waals surface area contributed by atoms with Crippen molar-refractivity contribution in [3.8, 4) is 0 Å². The van der Waals surface area contributed by atoms with Gasteiger partial charge >= 0.3 is 0 Å². The monoisotopic (exact) mass is 268 g/mol. The van der Waals surface area contributed by atoms with E-state index in [1.54, 1.807) is 0 Å². The fraction of sp³-hybridized carbons (Fsp3) is 0.188. The summed E-state index contributed by atoms with van der Waals surface area (Å²) in [6, 6.07) is 20.7. The molecule has 0 radical (unpaired) electrons. The molecule has 19 heavy (non-hydrogen) atoms. The molecule has 2 unspecified atom stereocenters. The molecule has 1 aliphatic heterocycles. The summed E-state index contributed by atoms with van der Waals surface area (Å²) >= 11 is 5.50. The fourth-order valence-corrected chi connectivity index (χ4v) is 2.92. The van der Waals surface area contributed by atoms with Gasteiger partial charge in [0.2, 0.25) is 0 Å². The number of hydrogen-bond acceptors (Lipinski definition) is 2. The highest BCUT2D eigenvalue weighted by molar-refractivity contribution is 7.80. The Hall–Kier alpha value is -1.71. The van der Waals surface area contributed by atoms with Crippen molar-refractivity contribution in [2.24, 2.45) is 0 Å². The van der Waals surface area contributed by atoms with E-state index in [2.05, 4.69) is 41.8 Å². The highest BCUT2D eigenvalue weighted by atomic mass is 32.1. The second kappa shape index (κ2) is 4.76. The molecular formula is C16H16N2S. The third kappa shape index (κ3) is 2.27. The third-order valence-electron chi connectivity index (χ3n) is 3.55. The van der Waals surface area contributed by atoms with E-state index in [1.165, 1.54) is 11.1 Å². The molecule has 0 amide bonds. The lowest BCUT2D eigenvalue weighted by Crippen LogP contribution is -2.43. The minimum absolute atomic E-state index is 0.0707. The van der Waals surface area contributed by atoms with Crippen LogP contribution in [0.2, 0.25) is 0 Å². The van der Waals surface area contributed by atoms with Crippen LogP contribution >= 0.6 is 12.2 Å². The van der Waals surface area contributed by atoms with Gasteiger partial charge in [-0.1, -0.05) is 72.9 Å². The van der Waals surface area contributed by atoms with E-state index in [1.807, 2.05) is 36.4 Å². The Morgan fingerprint density at radius 2 is 1.53 bits per heavy atom. The summed E-state index contributed by atoms with van der Waals surface area (Å²) in [5.74, 6) is 0. The first-order chi connectivity index (χ1) is 9.19. The molecule has 2 aromatic carbocycles. The Balaban J connectivity index is 1.92. The zero-order valence-corrected chi connectivity index (χ0v) is 11.6. The Morgan fingerprint density at radius 3 is 2.16 bits per heavy atom. The average Bonchev–Trinajstić information content (AvgIpc) is 2.77. The molecule has 0 bridgehead atoms. The maximum atomic E-state index is 5.50. The second-order valence-corrected chi connectivity index (χ2v) is 5.41. The van der Waals surface area contributed by atoms with Crippen molar-refractivity contribution in [1.29, 1.82) is 0 Å². The van der Waals surface area contributed by atoms with Gasteiger partial charge in [-0.3, -0.25) is 5.32 Å². The van der Waals surface area contributed by atoms with E-state index in [4.69, 9.17) is 12.2 Å². The number of thiocarbonyl (C=S) groups is 1. The highest BCUT2D eigenvalue weighted by Gasteiger charge is 2.39. The topological polar surface area (TPSA) is 24.1 Å². The normalized spacial score (nSPS) is 26.2. The molecule has 1 heterocycles. The molecule has 2 N–H and O–H groups in total. The summed E-state index contributed by atoms with van der Waals surface area (Å²) in [7, 11) is 0. The molecule has 3 rings (SSSR count). The molecule has 3 heteroatoms. The van der Waals surface area contributed by atoms with Crippen LogP contribution in [0.3, 0.4) is 0 Å². The number of nitrogens with one attached hydrogen (secondary N) is 2. The summed E-state index contributed by atoms with van der Waals surface area (Å²) in [6.45, 7) is 2.12.